The maximum atomic E-state index is 15.2. The summed E-state index contributed by atoms with van der Waals surface area (Å²) in [6, 6.07) is 6.64. The molecule has 2 aromatic rings. The van der Waals surface area contributed by atoms with Crippen molar-refractivity contribution < 1.29 is 24.3 Å². The molecule has 2 aliphatic rings. The third kappa shape index (κ3) is 2.60. The fourth-order valence-electron chi connectivity index (χ4n) is 4.02. The fraction of sp³-hybridized carbons (Fsp3) is 0.200. The van der Waals surface area contributed by atoms with Crippen molar-refractivity contribution in [2.75, 3.05) is 0 Å². The monoisotopic (exact) mass is 485 g/mol. The minimum atomic E-state index is -5.12. The molecule has 0 N–H and O–H groups in total. The van der Waals surface area contributed by atoms with Crippen molar-refractivity contribution in [1.29, 1.82) is 0 Å². The summed E-state index contributed by atoms with van der Waals surface area (Å²) >= 11 is -5.12. The molecule has 0 nitrogen and oxygen atoms in total. The van der Waals surface area contributed by atoms with Gasteiger partial charge in [0.2, 0.25) is 0 Å². The average molecular weight is 488 g/mol. The van der Waals surface area contributed by atoms with Crippen LogP contribution in [0.4, 0.5) is 8.78 Å². The van der Waals surface area contributed by atoms with Gasteiger partial charge in [-0.3, -0.25) is 0 Å². The molecule has 0 saturated heterocycles. The average Bonchev–Trinajstić information content (AvgIpc) is 3.20. The first-order valence-electron chi connectivity index (χ1n) is 8.78. The normalized spacial score (nSPS) is 16.7. The molecule has 0 heterocycles. The molecule has 0 radical (unpaired) electrons. The van der Waals surface area contributed by atoms with E-state index in [1.165, 1.54) is 12.1 Å². The number of rotatable bonds is 3. The first-order valence-corrected chi connectivity index (χ1v) is 24.7. The minimum absolute atomic E-state index is 0.363. The van der Waals surface area contributed by atoms with Crippen LogP contribution in [0.25, 0.3) is 12.2 Å². The number of hydrogen-bond acceptors (Lipinski definition) is 0. The number of allylic oxidation sites excluding steroid dienone is 2. The van der Waals surface area contributed by atoms with Gasteiger partial charge in [0.15, 0.2) is 0 Å². The standard InChI is InChI=1S/2C9H6F.C2H7Si.2ClH.Zr/c2*10-9-5-4-7-2-1-3-8(7)6-9;1-3-2;;;/h2*1-2,4,6H,3H2;3H,1-2H3;2*1H;/q;;;;;+2/p-2. The summed E-state index contributed by atoms with van der Waals surface area (Å²) in [4.78, 5) is 0. The van der Waals surface area contributed by atoms with E-state index in [9.17, 15) is 0 Å². The molecule has 26 heavy (non-hydrogen) atoms. The second-order valence-electron chi connectivity index (χ2n) is 7.51. The van der Waals surface area contributed by atoms with Gasteiger partial charge >= 0.3 is 162 Å². The Kier molecular flexibility index (Phi) is 4.51. The van der Waals surface area contributed by atoms with Crippen LogP contribution in [0.1, 0.15) is 22.3 Å². The number of benzene rings is 2. The maximum absolute atomic E-state index is 15.2. The predicted molar refractivity (Wildman–Crippen MR) is 108 cm³/mol. The van der Waals surface area contributed by atoms with Crippen LogP contribution >= 0.6 is 17.0 Å². The fourth-order valence-corrected chi connectivity index (χ4v) is 25.8. The number of fused-ring (bicyclic) bond motifs is 2. The Labute approximate surface area is 161 Å². The molecule has 4 rings (SSSR count). The molecule has 0 unspecified atom stereocenters. The van der Waals surface area contributed by atoms with Crippen molar-refractivity contribution in [3.8, 4) is 0 Å². The van der Waals surface area contributed by atoms with Crippen LogP contribution in [0.5, 0.6) is 0 Å². The van der Waals surface area contributed by atoms with Crippen LogP contribution < -0.4 is 6.54 Å². The van der Waals surface area contributed by atoms with Crippen LogP contribution in [0.3, 0.4) is 0 Å². The van der Waals surface area contributed by atoms with Gasteiger partial charge in [-0.15, -0.1) is 0 Å². The third-order valence-corrected chi connectivity index (χ3v) is 53.4. The van der Waals surface area contributed by atoms with Gasteiger partial charge in [-0.25, -0.2) is 0 Å². The molecule has 0 amide bonds. The van der Waals surface area contributed by atoms with Gasteiger partial charge < -0.3 is 0 Å². The molecule has 0 bridgehead atoms. The number of halogens is 4. The van der Waals surface area contributed by atoms with Crippen molar-refractivity contribution in [3.63, 3.8) is 0 Å². The van der Waals surface area contributed by atoms with Gasteiger partial charge in [0.1, 0.15) is 0 Å². The van der Waals surface area contributed by atoms with Crippen LogP contribution in [0.2, 0.25) is 13.1 Å². The van der Waals surface area contributed by atoms with Crippen molar-refractivity contribution >= 4 is 41.6 Å². The molecule has 0 atom stereocenters. The first kappa shape index (κ1) is 18.8. The topological polar surface area (TPSA) is 0 Å². The Bertz CT molecular complexity index is 922. The van der Waals surface area contributed by atoms with E-state index in [2.05, 4.69) is 0 Å². The summed E-state index contributed by atoms with van der Waals surface area (Å²) in [6.45, 7) is 4.02. The van der Waals surface area contributed by atoms with E-state index in [1.807, 2.05) is 37.4 Å². The molecular formula is C20H19Cl2F2SiZr. The van der Waals surface area contributed by atoms with E-state index >= 15 is 8.78 Å². The quantitative estimate of drug-likeness (QED) is 0.533. The molecule has 0 fully saturated rings. The van der Waals surface area contributed by atoms with E-state index < -0.39 is 21.5 Å². The van der Waals surface area contributed by atoms with Gasteiger partial charge in [0, 0.05) is 0 Å². The summed E-state index contributed by atoms with van der Waals surface area (Å²) in [5, 5.41) is 0. The van der Waals surface area contributed by atoms with E-state index in [1.54, 1.807) is 12.1 Å². The number of hydrogen-bond donors (Lipinski definition) is 0. The Morgan fingerprint density at radius 2 is 1.23 bits per heavy atom. The first-order chi connectivity index (χ1) is 12.2. The molecule has 0 saturated carbocycles. The molecule has 6 heteroatoms. The second kappa shape index (κ2) is 6.24. The van der Waals surface area contributed by atoms with E-state index in [4.69, 9.17) is 17.0 Å². The van der Waals surface area contributed by atoms with Crippen molar-refractivity contribution in [2.45, 2.75) is 25.9 Å². The Morgan fingerprint density at radius 1 is 0.808 bits per heavy atom. The Balaban J connectivity index is 2.04. The summed E-state index contributed by atoms with van der Waals surface area (Å²) in [5.41, 5.74) is 3.75. The summed E-state index contributed by atoms with van der Waals surface area (Å²) < 4.78 is 31.1. The van der Waals surface area contributed by atoms with E-state index in [0.29, 0.717) is 19.4 Å². The van der Waals surface area contributed by atoms with Gasteiger partial charge in [0.05, 0.1) is 0 Å². The zero-order chi connectivity index (χ0) is 18.7. The van der Waals surface area contributed by atoms with Gasteiger partial charge in [0.25, 0.3) is 0 Å². The zero-order valence-corrected chi connectivity index (χ0v) is 19.7. The Morgan fingerprint density at radius 3 is 1.62 bits per heavy atom. The van der Waals surface area contributed by atoms with Gasteiger partial charge in [-0.1, -0.05) is 0 Å². The summed E-state index contributed by atoms with van der Waals surface area (Å²) in [5.74, 6) is -2.64. The van der Waals surface area contributed by atoms with Crippen LogP contribution in [-0.2, 0) is 28.4 Å². The predicted octanol–water partition coefficient (Wildman–Crippen LogP) is 5.03. The van der Waals surface area contributed by atoms with Crippen LogP contribution in [0, 0.1) is 11.6 Å². The van der Waals surface area contributed by atoms with Crippen LogP contribution in [-0.4, -0.2) is 5.92 Å². The van der Waals surface area contributed by atoms with Gasteiger partial charge in [-0.2, -0.15) is 0 Å². The second-order valence-corrected chi connectivity index (χ2v) is 47.9. The van der Waals surface area contributed by atoms with Crippen molar-refractivity contribution in [3.05, 3.63) is 70.3 Å². The molecule has 0 spiro atoms. The molecule has 0 aliphatic heterocycles. The SMILES string of the molecule is C[SiH](C)[Zr]([Cl])([Cl])([c]1cc2c(cc1F)CC=C2)[c]1cc2c(cc1F)CC=C2. The van der Waals surface area contributed by atoms with Crippen molar-refractivity contribution in [2.24, 2.45) is 0 Å². The zero-order valence-electron chi connectivity index (χ0n) is 14.6. The molecule has 2 aromatic carbocycles. The molecular weight excluding hydrogens is 468 g/mol. The Hall–Kier alpha value is -0.540. The molecule has 0 aromatic heterocycles. The van der Waals surface area contributed by atoms with E-state index in [-0.39, 0.29) is 11.6 Å². The third-order valence-electron chi connectivity index (χ3n) is 5.73. The van der Waals surface area contributed by atoms with Crippen molar-refractivity contribution in [1.82, 2.24) is 0 Å². The van der Waals surface area contributed by atoms with E-state index in [0.717, 1.165) is 22.3 Å². The van der Waals surface area contributed by atoms with Crippen LogP contribution in [0.15, 0.2) is 36.4 Å². The summed E-state index contributed by atoms with van der Waals surface area (Å²) in [7, 11) is 14.6. The molecule has 135 valence electrons. The molecule has 2 aliphatic carbocycles. The van der Waals surface area contributed by atoms with Gasteiger partial charge in [-0.05, 0) is 0 Å². The summed E-state index contributed by atoms with van der Waals surface area (Å²) in [6.07, 6.45) is 9.33.